The van der Waals surface area contributed by atoms with Gasteiger partial charge in [0.2, 0.25) is 5.91 Å². The molecule has 0 fully saturated rings. The van der Waals surface area contributed by atoms with Gasteiger partial charge in [-0.2, -0.15) is 0 Å². The van der Waals surface area contributed by atoms with Crippen molar-refractivity contribution in [1.29, 1.82) is 0 Å². The third-order valence-corrected chi connectivity index (χ3v) is 6.08. The molecule has 5 heteroatoms. The number of rotatable bonds is 18. The molecule has 1 aliphatic heterocycles. The molecule has 0 bridgehead atoms. The number of nitrogens with zero attached hydrogens (tertiary/aromatic N) is 2. The first-order valence-corrected chi connectivity index (χ1v) is 12.7. The SMILES string of the molecule is CCCCCCCCCCCCCCC(O)CNCCN1CCN=CC(C)(C)C1=O. The molecule has 0 saturated carbocycles. The molecular weight excluding hydrogens is 374 g/mol. The van der Waals surface area contributed by atoms with Crippen LogP contribution in [0.1, 0.15) is 104 Å². The quantitative estimate of drug-likeness (QED) is 0.306. The van der Waals surface area contributed by atoms with Crippen LogP contribution in [0.2, 0.25) is 0 Å². The molecule has 0 aliphatic carbocycles. The summed E-state index contributed by atoms with van der Waals surface area (Å²) in [6.45, 7) is 9.48. The van der Waals surface area contributed by atoms with E-state index in [0.717, 1.165) is 19.4 Å². The van der Waals surface area contributed by atoms with Gasteiger partial charge in [-0.1, -0.05) is 84.0 Å². The molecule has 1 unspecified atom stereocenters. The van der Waals surface area contributed by atoms with Crippen molar-refractivity contribution in [3.05, 3.63) is 0 Å². The Balaban J connectivity index is 1.92. The lowest BCUT2D eigenvalue weighted by atomic mass is 9.93. The van der Waals surface area contributed by atoms with E-state index in [-0.39, 0.29) is 12.0 Å². The molecule has 1 aliphatic rings. The highest BCUT2D eigenvalue weighted by molar-refractivity contribution is 5.98. The minimum Gasteiger partial charge on any atom is -0.392 e. The van der Waals surface area contributed by atoms with E-state index >= 15 is 0 Å². The molecule has 1 rings (SSSR count). The summed E-state index contributed by atoms with van der Waals surface area (Å²) in [5, 5.41) is 13.5. The van der Waals surface area contributed by atoms with Crippen molar-refractivity contribution in [1.82, 2.24) is 10.2 Å². The normalized spacial score (nSPS) is 17.3. The van der Waals surface area contributed by atoms with Crippen molar-refractivity contribution in [2.75, 3.05) is 32.7 Å². The molecule has 5 nitrogen and oxygen atoms in total. The highest BCUT2D eigenvalue weighted by Gasteiger charge is 2.31. The van der Waals surface area contributed by atoms with Gasteiger partial charge in [-0.25, -0.2) is 0 Å². The van der Waals surface area contributed by atoms with Crippen molar-refractivity contribution in [2.24, 2.45) is 10.4 Å². The number of unbranched alkanes of at least 4 members (excludes halogenated alkanes) is 11. The zero-order chi connectivity index (χ0) is 22.1. The average molecular weight is 424 g/mol. The molecule has 1 amide bonds. The molecule has 30 heavy (non-hydrogen) atoms. The summed E-state index contributed by atoms with van der Waals surface area (Å²) in [5.41, 5.74) is -0.509. The standard InChI is InChI=1S/C25H49N3O2/c1-4-5-6-7-8-9-10-11-12-13-14-15-16-23(29)21-26-17-19-28-20-18-27-22-25(2,3)24(28)30/h22-23,26,29H,4-21H2,1-3H3. The summed E-state index contributed by atoms with van der Waals surface area (Å²) in [6.07, 6.45) is 18.5. The number of hydrogen-bond donors (Lipinski definition) is 2. The fourth-order valence-corrected chi connectivity index (χ4v) is 4.05. The first-order chi connectivity index (χ1) is 14.5. The maximum atomic E-state index is 12.5. The van der Waals surface area contributed by atoms with Gasteiger partial charge in [0.15, 0.2) is 0 Å². The van der Waals surface area contributed by atoms with Crippen LogP contribution in [-0.4, -0.2) is 61.0 Å². The number of aliphatic imine (C=N–C) groups is 1. The van der Waals surface area contributed by atoms with Crippen molar-refractivity contribution >= 4 is 12.1 Å². The lowest BCUT2D eigenvalue weighted by Gasteiger charge is -2.27. The van der Waals surface area contributed by atoms with E-state index in [4.69, 9.17) is 0 Å². The second-order valence-corrected chi connectivity index (χ2v) is 9.58. The van der Waals surface area contributed by atoms with Crippen LogP contribution in [0.15, 0.2) is 4.99 Å². The summed E-state index contributed by atoms with van der Waals surface area (Å²) < 4.78 is 0. The van der Waals surface area contributed by atoms with Gasteiger partial charge in [-0.15, -0.1) is 0 Å². The largest absolute Gasteiger partial charge is 0.392 e. The molecular formula is C25H49N3O2. The first-order valence-electron chi connectivity index (χ1n) is 12.7. The summed E-state index contributed by atoms with van der Waals surface area (Å²) in [4.78, 5) is 18.7. The number of aliphatic hydroxyl groups excluding tert-OH is 1. The van der Waals surface area contributed by atoms with E-state index in [1.807, 2.05) is 18.7 Å². The zero-order valence-electron chi connectivity index (χ0n) is 20.1. The Hall–Kier alpha value is -0.940. The Kier molecular flexibility index (Phi) is 15.1. The van der Waals surface area contributed by atoms with Crippen LogP contribution in [0, 0.1) is 5.41 Å². The molecule has 2 N–H and O–H groups in total. The number of amides is 1. The molecule has 0 spiro atoms. The molecule has 0 aromatic carbocycles. The van der Waals surface area contributed by atoms with Crippen LogP contribution in [0.4, 0.5) is 0 Å². The van der Waals surface area contributed by atoms with Gasteiger partial charge < -0.3 is 15.3 Å². The Morgan fingerprint density at radius 2 is 1.60 bits per heavy atom. The third-order valence-electron chi connectivity index (χ3n) is 6.08. The second-order valence-electron chi connectivity index (χ2n) is 9.58. The summed E-state index contributed by atoms with van der Waals surface area (Å²) >= 11 is 0. The van der Waals surface area contributed by atoms with Crippen molar-refractivity contribution in [3.63, 3.8) is 0 Å². The van der Waals surface area contributed by atoms with Crippen LogP contribution in [0.5, 0.6) is 0 Å². The molecule has 0 radical (unpaired) electrons. The molecule has 0 aromatic heterocycles. The first kappa shape index (κ1) is 27.1. The highest BCUT2D eigenvalue weighted by atomic mass is 16.3. The predicted molar refractivity (Wildman–Crippen MR) is 128 cm³/mol. The molecule has 0 saturated heterocycles. The average Bonchev–Trinajstić information content (AvgIpc) is 2.84. The van der Waals surface area contributed by atoms with Crippen molar-refractivity contribution < 1.29 is 9.90 Å². The van der Waals surface area contributed by atoms with Gasteiger partial charge in [0.1, 0.15) is 0 Å². The van der Waals surface area contributed by atoms with Gasteiger partial charge >= 0.3 is 0 Å². The van der Waals surface area contributed by atoms with Crippen molar-refractivity contribution in [2.45, 2.75) is 110 Å². The highest BCUT2D eigenvalue weighted by Crippen LogP contribution is 2.18. The van der Waals surface area contributed by atoms with E-state index in [9.17, 15) is 9.90 Å². The smallest absolute Gasteiger partial charge is 0.233 e. The maximum Gasteiger partial charge on any atom is 0.233 e. The van der Waals surface area contributed by atoms with E-state index < -0.39 is 5.41 Å². The fraction of sp³-hybridized carbons (Fsp3) is 0.920. The van der Waals surface area contributed by atoms with Crippen LogP contribution < -0.4 is 5.32 Å². The number of carbonyl (C=O) groups is 1. The van der Waals surface area contributed by atoms with Crippen LogP contribution >= 0.6 is 0 Å². The van der Waals surface area contributed by atoms with Gasteiger partial charge in [0, 0.05) is 32.4 Å². The molecule has 1 heterocycles. The van der Waals surface area contributed by atoms with Gasteiger partial charge in [0.05, 0.1) is 18.1 Å². The Labute approximate surface area is 186 Å². The van der Waals surface area contributed by atoms with Crippen LogP contribution in [-0.2, 0) is 4.79 Å². The maximum absolute atomic E-state index is 12.5. The summed E-state index contributed by atoms with van der Waals surface area (Å²) in [7, 11) is 0. The fourth-order valence-electron chi connectivity index (χ4n) is 4.05. The zero-order valence-corrected chi connectivity index (χ0v) is 20.1. The van der Waals surface area contributed by atoms with Crippen LogP contribution in [0.25, 0.3) is 0 Å². The summed E-state index contributed by atoms with van der Waals surface area (Å²) in [6, 6.07) is 0. The number of aliphatic hydroxyl groups is 1. The number of hydrogen-bond acceptors (Lipinski definition) is 4. The van der Waals surface area contributed by atoms with E-state index in [2.05, 4.69) is 17.2 Å². The molecule has 176 valence electrons. The monoisotopic (exact) mass is 423 g/mol. The Morgan fingerprint density at radius 3 is 2.20 bits per heavy atom. The Bertz CT molecular complexity index is 465. The van der Waals surface area contributed by atoms with E-state index in [1.54, 1.807) is 6.21 Å². The van der Waals surface area contributed by atoms with Gasteiger partial charge in [-0.05, 0) is 20.3 Å². The number of carbonyl (C=O) groups excluding carboxylic acids is 1. The summed E-state index contributed by atoms with van der Waals surface area (Å²) in [5.74, 6) is 0.141. The predicted octanol–water partition coefficient (Wildman–Crippen LogP) is 4.97. The lowest BCUT2D eigenvalue weighted by Crippen LogP contribution is -2.44. The number of nitrogens with one attached hydrogen (secondary N) is 1. The van der Waals surface area contributed by atoms with E-state index in [0.29, 0.717) is 26.2 Å². The van der Waals surface area contributed by atoms with E-state index in [1.165, 1.54) is 70.6 Å². The van der Waals surface area contributed by atoms with Crippen LogP contribution in [0.3, 0.4) is 0 Å². The van der Waals surface area contributed by atoms with Gasteiger partial charge in [-0.3, -0.25) is 9.79 Å². The van der Waals surface area contributed by atoms with Crippen molar-refractivity contribution in [3.8, 4) is 0 Å². The Morgan fingerprint density at radius 1 is 1.03 bits per heavy atom. The molecule has 1 atom stereocenters. The molecule has 0 aromatic rings. The topological polar surface area (TPSA) is 64.9 Å². The lowest BCUT2D eigenvalue weighted by molar-refractivity contribution is -0.136. The van der Waals surface area contributed by atoms with Gasteiger partial charge in [0.25, 0.3) is 0 Å². The minimum absolute atomic E-state index is 0.141. The second kappa shape index (κ2) is 16.7. The third kappa shape index (κ3) is 12.7. The minimum atomic E-state index is -0.509.